The molecule has 0 aliphatic heterocycles. The van der Waals surface area contributed by atoms with Crippen LogP contribution in [0.3, 0.4) is 0 Å². The van der Waals surface area contributed by atoms with Gasteiger partial charge in [0.05, 0.1) is 27.7 Å². The Bertz CT molecular complexity index is 1900. The SMILES string of the molecule is CC/C=C\C/C=C\C/C=C\C/C=C\C/C=C\C/C=C\C/C=C\C/C=C\CCCCCCCCC(=O)OC(COC(=O)CCCCCCCCCCC/C=C\C/C=C\C/C=C\C/C=C\C/C=C\CC)COP(=O)(O)OCC[N+](C)(C)C. The molecule has 0 radical (unpaired) electrons. The molecule has 0 spiro atoms. The number of quaternary nitrogens is 1. The Balaban J connectivity index is 4.24. The summed E-state index contributed by atoms with van der Waals surface area (Å²) in [5.74, 6) is -0.833. The van der Waals surface area contributed by atoms with E-state index in [1.54, 1.807) is 0 Å². The van der Waals surface area contributed by atoms with E-state index in [2.05, 4.69) is 172 Å². The lowest BCUT2D eigenvalue weighted by atomic mass is 10.1. The molecule has 1 N–H and O–H groups in total. The fourth-order valence-corrected chi connectivity index (χ4v) is 8.56. The number of allylic oxidation sites excluding steroid dienone is 26. The van der Waals surface area contributed by atoms with Gasteiger partial charge in [0.15, 0.2) is 6.10 Å². The van der Waals surface area contributed by atoms with Gasteiger partial charge in [0.25, 0.3) is 0 Å². The first-order valence-corrected chi connectivity index (χ1v) is 32.7. The maximum atomic E-state index is 12.8. The molecular weight excluding hydrogens is 1010 g/mol. The van der Waals surface area contributed by atoms with Gasteiger partial charge in [-0.3, -0.25) is 18.6 Å². The summed E-state index contributed by atoms with van der Waals surface area (Å²) in [6.07, 6.45) is 88.8. The molecule has 0 bridgehead atoms. The lowest BCUT2D eigenvalue weighted by molar-refractivity contribution is -0.870. The maximum absolute atomic E-state index is 12.8. The number of esters is 2. The van der Waals surface area contributed by atoms with Crippen LogP contribution in [0.1, 0.15) is 219 Å². The van der Waals surface area contributed by atoms with E-state index in [-0.39, 0.29) is 32.0 Å². The van der Waals surface area contributed by atoms with E-state index in [0.29, 0.717) is 17.4 Å². The number of ether oxygens (including phenoxy) is 2. The standard InChI is InChI=1S/C70H114NO8P/c1-6-8-10-12-14-16-18-20-22-24-26-28-30-32-33-34-35-36-37-39-41-43-45-47-49-51-53-55-57-59-61-63-70(73)79-68(67-78-80(74,75)77-65-64-71(3,4)5)66-76-69(72)62-60-58-56-54-52-50-48-46-44-42-40-38-31-29-27-25-23-21-19-17-15-13-11-9-7-2/h8-11,14-17,20-23,26-29,32-33,35-36,38-41,45,47,68H,6-7,12-13,18-19,24-25,30-31,34,37,42-44,46,48-67H2,1-5H3/p+1/b10-8-,11-9-,16-14-,17-15-,22-20-,23-21-,28-26-,29-27-,33-32-,36-35-,40-38-,41-39-,47-45-. The van der Waals surface area contributed by atoms with Crippen LogP contribution in [0.15, 0.2) is 158 Å². The number of carbonyl (C=O) groups is 2. The van der Waals surface area contributed by atoms with Crippen molar-refractivity contribution >= 4 is 19.8 Å². The minimum Gasteiger partial charge on any atom is -0.462 e. The lowest BCUT2D eigenvalue weighted by Gasteiger charge is -2.24. The molecule has 0 aliphatic carbocycles. The van der Waals surface area contributed by atoms with Crippen LogP contribution in [0.2, 0.25) is 0 Å². The topological polar surface area (TPSA) is 108 Å². The third kappa shape index (κ3) is 62.8. The van der Waals surface area contributed by atoms with Gasteiger partial charge in [-0.25, -0.2) is 4.57 Å². The van der Waals surface area contributed by atoms with Gasteiger partial charge in [-0.05, 0) is 122 Å². The van der Waals surface area contributed by atoms with Gasteiger partial charge in [-0.15, -0.1) is 0 Å². The molecule has 80 heavy (non-hydrogen) atoms. The highest BCUT2D eigenvalue weighted by Crippen LogP contribution is 2.43. The third-order valence-electron chi connectivity index (χ3n) is 12.6. The molecule has 0 rings (SSSR count). The zero-order chi connectivity index (χ0) is 58.4. The minimum atomic E-state index is -4.41. The fourth-order valence-electron chi connectivity index (χ4n) is 7.82. The van der Waals surface area contributed by atoms with Gasteiger partial charge >= 0.3 is 19.8 Å². The number of likely N-dealkylation sites (N-methyl/N-ethyl adjacent to an activating group) is 1. The summed E-state index contributed by atoms with van der Waals surface area (Å²) >= 11 is 0. The van der Waals surface area contributed by atoms with E-state index in [4.69, 9.17) is 18.5 Å². The van der Waals surface area contributed by atoms with E-state index < -0.39 is 26.5 Å². The number of hydrogen-bond donors (Lipinski definition) is 1. The number of unbranched alkanes of at least 4 members (excludes halogenated alkanes) is 15. The maximum Gasteiger partial charge on any atom is 0.472 e. The molecule has 2 unspecified atom stereocenters. The van der Waals surface area contributed by atoms with Gasteiger partial charge in [0.1, 0.15) is 19.8 Å². The van der Waals surface area contributed by atoms with Gasteiger partial charge in [-0.1, -0.05) is 242 Å². The van der Waals surface area contributed by atoms with Crippen LogP contribution in [-0.2, 0) is 32.7 Å². The van der Waals surface area contributed by atoms with Crippen molar-refractivity contribution in [3.8, 4) is 0 Å². The molecule has 2 atom stereocenters. The zero-order valence-corrected chi connectivity index (χ0v) is 52.1. The fraction of sp³-hybridized carbons (Fsp3) is 0.600. The number of rotatable bonds is 55. The molecule has 452 valence electrons. The van der Waals surface area contributed by atoms with Gasteiger partial charge in [-0.2, -0.15) is 0 Å². The molecule has 9 nitrogen and oxygen atoms in total. The Morgan fingerprint density at radius 3 is 1.00 bits per heavy atom. The summed E-state index contributed by atoms with van der Waals surface area (Å²) in [7, 11) is 1.44. The van der Waals surface area contributed by atoms with E-state index >= 15 is 0 Å². The summed E-state index contributed by atoms with van der Waals surface area (Å²) < 4.78 is 34.6. The van der Waals surface area contributed by atoms with Gasteiger partial charge in [0, 0.05) is 12.8 Å². The summed E-state index contributed by atoms with van der Waals surface area (Å²) in [6, 6.07) is 0. The van der Waals surface area contributed by atoms with Crippen LogP contribution in [0.4, 0.5) is 0 Å². The summed E-state index contributed by atoms with van der Waals surface area (Å²) in [6.45, 7) is 4.16. The van der Waals surface area contributed by atoms with Crippen molar-refractivity contribution in [3.05, 3.63) is 158 Å². The van der Waals surface area contributed by atoms with Crippen molar-refractivity contribution in [2.45, 2.75) is 225 Å². The summed E-state index contributed by atoms with van der Waals surface area (Å²) in [5.41, 5.74) is 0. The normalized spacial score (nSPS) is 14.3. The number of hydrogen-bond acceptors (Lipinski definition) is 7. The quantitative estimate of drug-likeness (QED) is 0.0211. The minimum absolute atomic E-state index is 0.0181. The number of phosphoric ester groups is 1. The Morgan fingerprint density at radius 1 is 0.388 bits per heavy atom. The average Bonchev–Trinajstić information content (AvgIpc) is 3.42. The Morgan fingerprint density at radius 2 is 0.675 bits per heavy atom. The summed E-state index contributed by atoms with van der Waals surface area (Å²) in [5, 5.41) is 0. The van der Waals surface area contributed by atoms with Crippen LogP contribution in [0, 0.1) is 0 Å². The Hall–Kier alpha value is -4.37. The lowest BCUT2D eigenvalue weighted by Crippen LogP contribution is -2.37. The second-order valence-electron chi connectivity index (χ2n) is 21.3. The zero-order valence-electron chi connectivity index (χ0n) is 51.2. The van der Waals surface area contributed by atoms with Crippen LogP contribution in [0.5, 0.6) is 0 Å². The molecule has 0 fully saturated rings. The number of nitrogens with zero attached hydrogens (tertiary/aromatic N) is 1. The molecule has 0 saturated heterocycles. The van der Waals surface area contributed by atoms with E-state index in [9.17, 15) is 19.0 Å². The third-order valence-corrected chi connectivity index (χ3v) is 13.5. The highest BCUT2D eigenvalue weighted by atomic mass is 31.2. The first-order chi connectivity index (χ1) is 39.0. The van der Waals surface area contributed by atoms with Crippen molar-refractivity contribution in [3.63, 3.8) is 0 Å². The monoisotopic (exact) mass is 1130 g/mol. The molecule has 0 aromatic heterocycles. The second kappa shape index (κ2) is 59.3. The molecule has 0 aliphatic rings. The van der Waals surface area contributed by atoms with Crippen molar-refractivity contribution in [1.29, 1.82) is 0 Å². The van der Waals surface area contributed by atoms with Gasteiger partial charge in [0.2, 0.25) is 0 Å². The highest BCUT2D eigenvalue weighted by molar-refractivity contribution is 7.47. The molecule has 0 heterocycles. The first-order valence-electron chi connectivity index (χ1n) is 31.2. The highest BCUT2D eigenvalue weighted by Gasteiger charge is 2.27. The van der Waals surface area contributed by atoms with Crippen LogP contribution in [0.25, 0.3) is 0 Å². The molecule has 0 saturated carbocycles. The van der Waals surface area contributed by atoms with Crippen molar-refractivity contribution < 1.29 is 42.1 Å². The Labute approximate surface area is 490 Å². The largest absolute Gasteiger partial charge is 0.472 e. The van der Waals surface area contributed by atoms with E-state index in [1.165, 1.54) is 32.1 Å². The van der Waals surface area contributed by atoms with Crippen LogP contribution >= 0.6 is 7.82 Å². The first kappa shape index (κ1) is 75.6. The molecular formula is C70H115NO8P+. The smallest absolute Gasteiger partial charge is 0.462 e. The Kier molecular flexibility index (Phi) is 56.0. The van der Waals surface area contributed by atoms with Crippen LogP contribution in [-0.4, -0.2) is 74.9 Å². The predicted molar refractivity (Wildman–Crippen MR) is 343 cm³/mol. The summed E-state index contributed by atoms with van der Waals surface area (Å²) in [4.78, 5) is 35.8. The molecule has 0 aromatic carbocycles. The second-order valence-corrected chi connectivity index (χ2v) is 22.8. The van der Waals surface area contributed by atoms with Gasteiger partial charge < -0.3 is 18.9 Å². The van der Waals surface area contributed by atoms with Crippen LogP contribution < -0.4 is 0 Å². The predicted octanol–water partition coefficient (Wildman–Crippen LogP) is 20.0. The van der Waals surface area contributed by atoms with Crippen molar-refractivity contribution in [2.24, 2.45) is 0 Å². The number of phosphoric acid groups is 1. The average molecular weight is 1130 g/mol. The molecule has 0 amide bonds. The van der Waals surface area contributed by atoms with E-state index in [1.807, 2.05) is 21.1 Å². The number of carbonyl (C=O) groups excluding carboxylic acids is 2. The van der Waals surface area contributed by atoms with Crippen molar-refractivity contribution in [1.82, 2.24) is 0 Å². The molecule has 0 aromatic rings. The van der Waals surface area contributed by atoms with Crippen molar-refractivity contribution in [2.75, 3.05) is 47.5 Å². The van der Waals surface area contributed by atoms with E-state index in [0.717, 1.165) is 154 Å². The molecule has 10 heteroatoms.